The Morgan fingerprint density at radius 1 is 0.909 bits per heavy atom. The highest BCUT2D eigenvalue weighted by Crippen LogP contribution is 2.53. The number of rotatable bonds is 2. The van der Waals surface area contributed by atoms with Crippen molar-refractivity contribution in [2.45, 2.75) is 102 Å². The summed E-state index contributed by atoms with van der Waals surface area (Å²) in [7, 11) is -2.19. The molecule has 3 aliphatic rings. The van der Waals surface area contributed by atoms with E-state index in [0.29, 0.717) is 0 Å². The summed E-state index contributed by atoms with van der Waals surface area (Å²) < 4.78 is 42.8. The Bertz CT molecular complexity index is 809. The predicted octanol–water partition coefficient (Wildman–Crippen LogP) is 3.93. The van der Waals surface area contributed by atoms with E-state index in [9.17, 15) is 4.89 Å². The van der Waals surface area contributed by atoms with Crippen molar-refractivity contribution in [2.24, 2.45) is 5.92 Å². The molecule has 0 bridgehead atoms. The molecule has 0 saturated carbocycles. The van der Waals surface area contributed by atoms with Crippen LogP contribution in [-0.2, 0) is 55.6 Å². The lowest BCUT2D eigenvalue weighted by Crippen LogP contribution is -2.50. The second-order valence-electron chi connectivity index (χ2n) is 10.9. The Morgan fingerprint density at radius 2 is 1.45 bits per heavy atom. The highest BCUT2D eigenvalue weighted by atomic mass is 32.5. The maximum Gasteiger partial charge on any atom is 0.192 e. The lowest BCUT2D eigenvalue weighted by atomic mass is 10.00. The molecular formula is C20H39O8P2S2Si-. The van der Waals surface area contributed by atoms with Crippen molar-refractivity contribution >= 4 is 45.1 Å². The first kappa shape index (κ1) is 28.8. The van der Waals surface area contributed by atoms with E-state index in [2.05, 4.69) is 33.9 Å². The average Bonchev–Trinajstić information content (AvgIpc) is 3.07. The number of hydrogen-bond donors (Lipinski definition) is 0. The van der Waals surface area contributed by atoms with Crippen molar-refractivity contribution in [3.8, 4) is 0 Å². The fraction of sp³-hybridized carbons (Fsp3) is 1.00. The smallest absolute Gasteiger partial charge is 0.192 e. The molecular weight excluding hydrogens is 522 g/mol. The Balaban J connectivity index is 1.88. The topological polar surface area (TPSA) is 87.7 Å². The normalized spacial score (nSPS) is 47.9. The fourth-order valence-electron chi connectivity index (χ4n) is 4.04. The molecule has 3 rings (SSSR count). The zero-order valence-corrected chi connectivity index (χ0v) is 25.4. The first-order valence-electron chi connectivity index (χ1n) is 11.5. The summed E-state index contributed by atoms with van der Waals surface area (Å²) in [4.78, 5) is 13.2. The third-order valence-corrected chi connectivity index (χ3v) is 15.1. The molecule has 0 N–H and O–H groups in total. The molecule has 33 heavy (non-hydrogen) atoms. The molecule has 3 saturated heterocycles. The Hall–Kier alpha value is 1.20. The standard InChI is InChI=1S/C20H40O8P2S2Si/c1-12-13(2)24-15-11-23-30(21,32)27-19-16(10-22-29(7,31)26-17(12)15)25-14(3)18(19)28-33(8,9)20(4,5)6/h12-19H,10-11H2,1-9H3,(H,21,32)/p-1/t12?,13-,14-,15+,16+,17+,18+,19?,29?,30?/m0/s1. The van der Waals surface area contributed by atoms with E-state index < -0.39 is 45.9 Å². The Labute approximate surface area is 209 Å². The van der Waals surface area contributed by atoms with Gasteiger partial charge in [0.25, 0.3) is 0 Å². The molecule has 194 valence electrons. The first-order chi connectivity index (χ1) is 14.9. The summed E-state index contributed by atoms with van der Waals surface area (Å²) in [6.45, 7) is 12.1. The third-order valence-electron chi connectivity index (χ3n) is 7.23. The zero-order chi connectivity index (χ0) is 25.0. The van der Waals surface area contributed by atoms with Crippen molar-refractivity contribution in [2.75, 3.05) is 19.9 Å². The highest BCUT2D eigenvalue weighted by Gasteiger charge is 2.51. The lowest BCUT2D eigenvalue weighted by molar-refractivity contribution is -0.217. The molecule has 3 heterocycles. The van der Waals surface area contributed by atoms with Crippen LogP contribution in [0.25, 0.3) is 0 Å². The molecule has 3 fully saturated rings. The quantitative estimate of drug-likeness (QED) is 0.365. The SMILES string of the molecule is CC1[C@H](C)O[C@@H]2COP([O-])(=S)OC3[C@@H](COP(C)(=S)O[C@H]12)O[C@@H](C)[C@H]3O[Si](C)(C)C(C)(C)C. The van der Waals surface area contributed by atoms with Crippen molar-refractivity contribution in [1.82, 2.24) is 0 Å². The van der Waals surface area contributed by atoms with Crippen LogP contribution < -0.4 is 4.89 Å². The monoisotopic (exact) mass is 561 g/mol. The second kappa shape index (κ2) is 10.2. The molecule has 8 nitrogen and oxygen atoms in total. The molecule has 0 aromatic carbocycles. The molecule has 0 aromatic heterocycles. The van der Waals surface area contributed by atoms with Gasteiger partial charge in [-0.05, 0) is 43.8 Å². The first-order valence-corrected chi connectivity index (χ1v) is 20.0. The molecule has 3 aliphatic heterocycles. The number of fused-ring (bicyclic) bond motifs is 2. The van der Waals surface area contributed by atoms with Gasteiger partial charge in [-0.3, -0.25) is 0 Å². The molecule has 0 spiro atoms. The summed E-state index contributed by atoms with van der Waals surface area (Å²) in [5.41, 5.74) is 0. The van der Waals surface area contributed by atoms with Gasteiger partial charge < -0.3 is 36.9 Å². The van der Waals surface area contributed by atoms with Gasteiger partial charge in [-0.1, -0.05) is 39.5 Å². The van der Waals surface area contributed by atoms with Crippen LogP contribution in [0.5, 0.6) is 0 Å². The van der Waals surface area contributed by atoms with E-state index in [1.54, 1.807) is 6.66 Å². The number of ether oxygens (including phenoxy) is 2. The van der Waals surface area contributed by atoms with E-state index in [0.717, 1.165) is 0 Å². The maximum atomic E-state index is 13.2. The van der Waals surface area contributed by atoms with Gasteiger partial charge in [-0.15, -0.1) is 0 Å². The van der Waals surface area contributed by atoms with Gasteiger partial charge >= 0.3 is 0 Å². The zero-order valence-electron chi connectivity index (χ0n) is 21.0. The minimum atomic E-state index is -3.87. The van der Waals surface area contributed by atoms with Crippen molar-refractivity contribution < 1.29 is 36.9 Å². The minimum Gasteiger partial charge on any atom is -0.780 e. The van der Waals surface area contributed by atoms with Crippen LogP contribution in [0.2, 0.25) is 18.1 Å². The van der Waals surface area contributed by atoms with Gasteiger partial charge in [-0.25, -0.2) is 0 Å². The summed E-state index contributed by atoms with van der Waals surface area (Å²) in [5, 5.41) is -0.0262. The van der Waals surface area contributed by atoms with Gasteiger partial charge in [0.15, 0.2) is 14.8 Å². The molecule has 13 heteroatoms. The highest BCUT2D eigenvalue weighted by molar-refractivity contribution is 8.09. The van der Waals surface area contributed by atoms with E-state index in [4.69, 9.17) is 55.6 Å². The molecule has 10 atom stereocenters. The minimum absolute atomic E-state index is 0.0169. The van der Waals surface area contributed by atoms with Crippen LogP contribution in [0.3, 0.4) is 0 Å². The number of hydrogen-bond acceptors (Lipinski definition) is 10. The van der Waals surface area contributed by atoms with Crippen LogP contribution in [-0.4, -0.2) is 70.9 Å². The summed E-state index contributed by atoms with van der Waals surface area (Å²) in [6.07, 6.45) is -2.93. The van der Waals surface area contributed by atoms with Crippen LogP contribution >= 0.6 is 13.2 Å². The fourth-order valence-corrected chi connectivity index (χ4v) is 8.55. The summed E-state index contributed by atoms with van der Waals surface area (Å²) in [6, 6.07) is 0. The summed E-state index contributed by atoms with van der Waals surface area (Å²) >= 11 is 11.0. The van der Waals surface area contributed by atoms with Gasteiger partial charge in [0.1, 0.15) is 31.1 Å². The van der Waals surface area contributed by atoms with E-state index in [1.807, 2.05) is 20.8 Å². The average molecular weight is 562 g/mol. The van der Waals surface area contributed by atoms with Crippen LogP contribution in [0.15, 0.2) is 0 Å². The van der Waals surface area contributed by atoms with Crippen LogP contribution in [0.4, 0.5) is 0 Å². The second-order valence-corrected chi connectivity index (χ2v) is 22.4. The van der Waals surface area contributed by atoms with Crippen LogP contribution in [0.1, 0.15) is 41.5 Å². The van der Waals surface area contributed by atoms with Crippen LogP contribution in [0, 0.1) is 5.92 Å². The molecule has 0 aliphatic carbocycles. The Morgan fingerprint density at radius 3 is 2.06 bits per heavy atom. The third kappa shape index (κ3) is 6.75. The van der Waals surface area contributed by atoms with Gasteiger partial charge in [0.2, 0.25) is 0 Å². The molecule has 0 aromatic rings. The Kier molecular flexibility index (Phi) is 8.86. The predicted molar refractivity (Wildman–Crippen MR) is 136 cm³/mol. The molecule has 0 radical (unpaired) electrons. The van der Waals surface area contributed by atoms with Crippen molar-refractivity contribution in [1.29, 1.82) is 0 Å². The van der Waals surface area contributed by atoms with E-state index in [-0.39, 0.29) is 42.5 Å². The van der Waals surface area contributed by atoms with Crippen molar-refractivity contribution in [3.63, 3.8) is 0 Å². The van der Waals surface area contributed by atoms with E-state index >= 15 is 0 Å². The van der Waals surface area contributed by atoms with E-state index in [1.165, 1.54) is 0 Å². The largest absolute Gasteiger partial charge is 0.780 e. The maximum absolute atomic E-state index is 13.2. The molecule has 0 amide bonds. The van der Waals surface area contributed by atoms with Crippen molar-refractivity contribution in [3.05, 3.63) is 0 Å². The van der Waals surface area contributed by atoms with Gasteiger partial charge in [0.05, 0.1) is 31.5 Å². The van der Waals surface area contributed by atoms with Gasteiger partial charge in [0, 0.05) is 12.6 Å². The molecule has 4 unspecified atom stereocenters. The lowest BCUT2D eigenvalue weighted by Gasteiger charge is -2.42. The summed E-state index contributed by atoms with van der Waals surface area (Å²) in [5.74, 6) is 0.0655. The van der Waals surface area contributed by atoms with Gasteiger partial charge in [-0.2, -0.15) is 0 Å².